The summed E-state index contributed by atoms with van der Waals surface area (Å²) < 4.78 is 26.5. The van der Waals surface area contributed by atoms with Crippen LogP contribution in [0.1, 0.15) is 24.8 Å². The van der Waals surface area contributed by atoms with Crippen molar-refractivity contribution in [2.75, 3.05) is 55.3 Å². The Bertz CT molecular complexity index is 838. The number of hydrogen-bond donors (Lipinski definition) is 3. The summed E-state index contributed by atoms with van der Waals surface area (Å²) in [5, 5.41) is 9.16. The number of aliphatic imine (C=N–C) groups is 1. The molecule has 1 atom stereocenters. The highest BCUT2D eigenvalue weighted by atomic mass is 32.2. The molecule has 3 N–H and O–H groups in total. The quantitative estimate of drug-likeness (QED) is 0.433. The highest BCUT2D eigenvalue weighted by Crippen LogP contribution is 2.31. The third-order valence-electron chi connectivity index (χ3n) is 4.94. The van der Waals surface area contributed by atoms with Gasteiger partial charge in [0.1, 0.15) is 0 Å². The number of sulfonamides is 1. The van der Waals surface area contributed by atoms with Crippen LogP contribution in [0, 0.1) is 0 Å². The molecule has 160 valence electrons. The highest BCUT2D eigenvalue weighted by molar-refractivity contribution is 7.99. The molecular weight excluding hydrogens is 410 g/mol. The molecular formula is C19H29N5O3S2. The number of para-hydroxylation sites is 1. The van der Waals surface area contributed by atoms with E-state index >= 15 is 0 Å². The SMILES string of the molecule is CCNC(=NCC1CC(=O)Nc2ccccc21)NCCS(=O)(=O)N1CCSCC1. The summed E-state index contributed by atoms with van der Waals surface area (Å²) in [6, 6.07) is 7.77. The van der Waals surface area contributed by atoms with Gasteiger partial charge in [-0.15, -0.1) is 0 Å². The van der Waals surface area contributed by atoms with Gasteiger partial charge in [-0.2, -0.15) is 11.8 Å². The van der Waals surface area contributed by atoms with Crippen LogP contribution in [-0.2, 0) is 14.8 Å². The number of benzene rings is 1. The van der Waals surface area contributed by atoms with Crippen molar-refractivity contribution in [3.8, 4) is 0 Å². The van der Waals surface area contributed by atoms with Crippen molar-refractivity contribution in [1.29, 1.82) is 0 Å². The molecule has 2 aliphatic rings. The first-order valence-electron chi connectivity index (χ1n) is 9.96. The monoisotopic (exact) mass is 439 g/mol. The third-order valence-corrected chi connectivity index (χ3v) is 7.75. The van der Waals surface area contributed by atoms with E-state index in [9.17, 15) is 13.2 Å². The molecule has 0 radical (unpaired) electrons. The second kappa shape index (κ2) is 10.3. The fourth-order valence-electron chi connectivity index (χ4n) is 3.46. The second-order valence-electron chi connectivity index (χ2n) is 7.01. The van der Waals surface area contributed by atoms with E-state index in [1.54, 1.807) is 16.1 Å². The van der Waals surface area contributed by atoms with Crippen LogP contribution >= 0.6 is 11.8 Å². The number of nitrogens with zero attached hydrogens (tertiary/aromatic N) is 2. The molecule has 3 rings (SSSR count). The molecule has 29 heavy (non-hydrogen) atoms. The Balaban J connectivity index is 1.58. The molecule has 1 saturated heterocycles. The number of hydrogen-bond acceptors (Lipinski definition) is 5. The van der Waals surface area contributed by atoms with Gasteiger partial charge in [-0.1, -0.05) is 18.2 Å². The minimum atomic E-state index is -3.25. The van der Waals surface area contributed by atoms with Gasteiger partial charge in [0.15, 0.2) is 5.96 Å². The normalized spacial score (nSPS) is 20.7. The Hall–Kier alpha value is -1.78. The average Bonchev–Trinajstić information content (AvgIpc) is 2.72. The van der Waals surface area contributed by atoms with Crippen molar-refractivity contribution in [2.24, 2.45) is 4.99 Å². The number of amides is 1. The van der Waals surface area contributed by atoms with Crippen LogP contribution in [0.5, 0.6) is 0 Å². The standard InChI is InChI=1S/C19H29N5O3S2/c1-2-20-19(21-7-12-29(26,27)24-8-10-28-11-9-24)22-14-15-13-18(25)23-17-6-4-3-5-16(15)17/h3-6,15H,2,7-14H2,1H3,(H,23,25)(H2,20,21,22). The lowest BCUT2D eigenvalue weighted by Gasteiger charge is -2.26. The minimum absolute atomic E-state index is 0.00462. The molecule has 1 amide bonds. The van der Waals surface area contributed by atoms with E-state index in [0.29, 0.717) is 45.1 Å². The Morgan fingerprint density at radius 3 is 2.79 bits per heavy atom. The fraction of sp³-hybridized carbons (Fsp3) is 0.579. The van der Waals surface area contributed by atoms with Crippen LogP contribution in [0.4, 0.5) is 5.69 Å². The van der Waals surface area contributed by atoms with E-state index in [2.05, 4.69) is 20.9 Å². The third kappa shape index (κ3) is 6.10. The van der Waals surface area contributed by atoms with Gasteiger partial charge in [0.2, 0.25) is 15.9 Å². The summed E-state index contributed by atoms with van der Waals surface area (Å²) in [5.41, 5.74) is 1.92. The fourth-order valence-corrected chi connectivity index (χ4v) is 5.95. The molecule has 2 aliphatic heterocycles. The lowest BCUT2D eigenvalue weighted by atomic mass is 9.91. The summed E-state index contributed by atoms with van der Waals surface area (Å²) in [5.74, 6) is 2.31. The van der Waals surface area contributed by atoms with Crippen molar-refractivity contribution < 1.29 is 13.2 Å². The number of rotatable bonds is 7. The molecule has 1 unspecified atom stereocenters. The number of thioether (sulfide) groups is 1. The maximum Gasteiger partial charge on any atom is 0.225 e. The van der Waals surface area contributed by atoms with E-state index in [4.69, 9.17) is 0 Å². The highest BCUT2D eigenvalue weighted by Gasteiger charge is 2.25. The molecule has 2 heterocycles. The van der Waals surface area contributed by atoms with Crippen LogP contribution < -0.4 is 16.0 Å². The zero-order valence-electron chi connectivity index (χ0n) is 16.7. The molecule has 0 aliphatic carbocycles. The van der Waals surface area contributed by atoms with E-state index in [-0.39, 0.29) is 17.6 Å². The van der Waals surface area contributed by atoms with Crippen LogP contribution in [0.15, 0.2) is 29.3 Å². The van der Waals surface area contributed by atoms with Gasteiger partial charge >= 0.3 is 0 Å². The van der Waals surface area contributed by atoms with E-state index in [0.717, 1.165) is 22.8 Å². The summed E-state index contributed by atoms with van der Waals surface area (Å²) in [4.78, 5) is 16.6. The maximum atomic E-state index is 12.5. The van der Waals surface area contributed by atoms with E-state index in [1.165, 1.54) is 0 Å². The summed E-state index contributed by atoms with van der Waals surface area (Å²) in [6.07, 6.45) is 0.390. The number of anilines is 1. The zero-order chi connectivity index (χ0) is 20.7. The van der Waals surface area contributed by atoms with Crippen LogP contribution in [0.25, 0.3) is 0 Å². The Morgan fingerprint density at radius 1 is 1.28 bits per heavy atom. The van der Waals surface area contributed by atoms with E-state index < -0.39 is 10.0 Å². The van der Waals surface area contributed by atoms with Gasteiger partial charge in [-0.3, -0.25) is 9.79 Å². The summed E-state index contributed by atoms with van der Waals surface area (Å²) >= 11 is 1.79. The van der Waals surface area contributed by atoms with Gasteiger partial charge in [-0.25, -0.2) is 12.7 Å². The molecule has 0 aromatic heterocycles. The number of fused-ring (bicyclic) bond motifs is 1. The molecule has 0 bridgehead atoms. The molecule has 0 saturated carbocycles. The first-order valence-corrected chi connectivity index (χ1v) is 12.7. The topological polar surface area (TPSA) is 103 Å². The first kappa shape index (κ1) is 21.9. The maximum absolute atomic E-state index is 12.5. The number of nitrogens with one attached hydrogen (secondary N) is 3. The van der Waals surface area contributed by atoms with Crippen molar-refractivity contribution in [2.45, 2.75) is 19.3 Å². The van der Waals surface area contributed by atoms with Gasteiger partial charge in [-0.05, 0) is 18.6 Å². The molecule has 10 heteroatoms. The Kier molecular flexibility index (Phi) is 7.79. The largest absolute Gasteiger partial charge is 0.357 e. The zero-order valence-corrected chi connectivity index (χ0v) is 18.3. The smallest absolute Gasteiger partial charge is 0.225 e. The summed E-state index contributed by atoms with van der Waals surface area (Å²) in [7, 11) is -3.25. The van der Waals surface area contributed by atoms with Gasteiger partial charge < -0.3 is 16.0 Å². The van der Waals surface area contributed by atoms with E-state index in [1.807, 2.05) is 31.2 Å². The van der Waals surface area contributed by atoms with Crippen molar-refractivity contribution in [3.63, 3.8) is 0 Å². The first-order chi connectivity index (χ1) is 14.0. The van der Waals surface area contributed by atoms with Gasteiger partial charge in [0.05, 0.1) is 12.3 Å². The molecule has 1 aromatic rings. The predicted octanol–water partition coefficient (Wildman–Crippen LogP) is 1.05. The molecule has 1 aromatic carbocycles. The van der Waals surface area contributed by atoms with Crippen LogP contribution in [0.3, 0.4) is 0 Å². The lowest BCUT2D eigenvalue weighted by Crippen LogP contribution is -2.44. The number of carbonyl (C=O) groups is 1. The second-order valence-corrected chi connectivity index (χ2v) is 10.3. The lowest BCUT2D eigenvalue weighted by molar-refractivity contribution is -0.116. The number of carbonyl (C=O) groups excluding carboxylic acids is 1. The summed E-state index contributed by atoms with van der Waals surface area (Å²) in [6.45, 7) is 4.55. The Labute approximate surface area is 177 Å². The molecule has 1 fully saturated rings. The minimum Gasteiger partial charge on any atom is -0.357 e. The van der Waals surface area contributed by atoms with Crippen LogP contribution in [0.2, 0.25) is 0 Å². The predicted molar refractivity (Wildman–Crippen MR) is 119 cm³/mol. The van der Waals surface area contributed by atoms with Gasteiger partial charge in [0.25, 0.3) is 0 Å². The van der Waals surface area contributed by atoms with Crippen molar-refractivity contribution in [1.82, 2.24) is 14.9 Å². The van der Waals surface area contributed by atoms with Gasteiger partial charge in [0, 0.05) is 55.7 Å². The Morgan fingerprint density at radius 2 is 2.03 bits per heavy atom. The van der Waals surface area contributed by atoms with Crippen molar-refractivity contribution in [3.05, 3.63) is 29.8 Å². The molecule has 8 nitrogen and oxygen atoms in total. The number of guanidine groups is 1. The van der Waals surface area contributed by atoms with Crippen molar-refractivity contribution >= 4 is 39.3 Å². The average molecular weight is 440 g/mol. The van der Waals surface area contributed by atoms with Crippen LogP contribution in [-0.4, -0.2) is 74.6 Å². The molecule has 0 spiro atoms.